The molecule has 0 aliphatic rings. The molecule has 5 heteroatoms. The molecule has 0 aliphatic heterocycles. The Morgan fingerprint density at radius 2 is 2.35 bits per heavy atom. The highest BCUT2D eigenvalue weighted by atomic mass is 32.1. The molecular formula is C15H16FNO2S. The normalized spacial score (nSPS) is 12.5. The maximum atomic E-state index is 14.0. The van der Waals surface area contributed by atoms with Crippen LogP contribution in [0.2, 0.25) is 0 Å². The lowest BCUT2D eigenvalue weighted by Crippen LogP contribution is -2.25. The van der Waals surface area contributed by atoms with Gasteiger partial charge in [0.1, 0.15) is 10.7 Å². The second kappa shape index (κ2) is 6.15. The number of hydrogen-bond acceptors (Lipinski definition) is 3. The molecule has 20 heavy (non-hydrogen) atoms. The Balaban J connectivity index is 2.41. The first-order valence-electron chi connectivity index (χ1n) is 6.32. The number of carbonyl (C=O) groups is 1. The van der Waals surface area contributed by atoms with Crippen LogP contribution in [0.3, 0.4) is 0 Å². The summed E-state index contributed by atoms with van der Waals surface area (Å²) in [5.41, 5.74) is 0.520. The van der Waals surface area contributed by atoms with Crippen LogP contribution in [0.4, 0.5) is 4.39 Å². The van der Waals surface area contributed by atoms with Gasteiger partial charge in [-0.15, -0.1) is 17.9 Å². The van der Waals surface area contributed by atoms with Gasteiger partial charge in [0, 0.05) is 28.2 Å². The zero-order chi connectivity index (χ0) is 14.7. The van der Waals surface area contributed by atoms with Crippen LogP contribution in [-0.2, 0) is 6.54 Å². The Morgan fingerprint density at radius 1 is 1.60 bits per heavy atom. The Kier molecular flexibility index (Phi) is 4.52. The molecule has 0 saturated heterocycles. The van der Waals surface area contributed by atoms with E-state index in [-0.39, 0.29) is 16.7 Å². The van der Waals surface area contributed by atoms with Crippen LogP contribution in [-0.4, -0.2) is 17.1 Å². The highest BCUT2D eigenvalue weighted by molar-refractivity contribution is 7.21. The molecule has 2 N–H and O–H groups in total. The number of rotatable bonds is 6. The summed E-state index contributed by atoms with van der Waals surface area (Å²) in [5, 5.41) is 12.9. The summed E-state index contributed by atoms with van der Waals surface area (Å²) >= 11 is 1.11. The molecule has 0 bridgehead atoms. The number of nitrogens with one attached hydrogen (secondary N) is 1. The lowest BCUT2D eigenvalue weighted by molar-refractivity contribution is 0.0701. The Labute approximate surface area is 120 Å². The minimum Gasteiger partial charge on any atom is -0.477 e. The number of carboxylic acid groups (broad SMARTS) is 1. The third-order valence-corrected chi connectivity index (χ3v) is 4.29. The predicted molar refractivity (Wildman–Crippen MR) is 79.9 cm³/mol. The van der Waals surface area contributed by atoms with E-state index in [4.69, 9.17) is 0 Å². The van der Waals surface area contributed by atoms with Crippen molar-refractivity contribution in [2.75, 3.05) is 0 Å². The fourth-order valence-corrected chi connectivity index (χ4v) is 3.19. The van der Waals surface area contributed by atoms with Crippen molar-refractivity contribution in [3.8, 4) is 0 Å². The third-order valence-electron chi connectivity index (χ3n) is 3.11. The minimum absolute atomic E-state index is 0.163. The van der Waals surface area contributed by atoms with Gasteiger partial charge in [-0.25, -0.2) is 9.18 Å². The molecule has 0 aliphatic carbocycles. The molecular weight excluding hydrogens is 277 g/mol. The molecule has 2 aromatic rings. The fourth-order valence-electron chi connectivity index (χ4n) is 2.12. The molecule has 2 rings (SSSR count). The maximum Gasteiger partial charge on any atom is 0.346 e. The highest BCUT2D eigenvalue weighted by Gasteiger charge is 2.20. The van der Waals surface area contributed by atoms with Crippen molar-refractivity contribution >= 4 is 27.4 Å². The van der Waals surface area contributed by atoms with Crippen LogP contribution in [0.15, 0.2) is 30.9 Å². The van der Waals surface area contributed by atoms with E-state index in [0.29, 0.717) is 22.2 Å². The van der Waals surface area contributed by atoms with Crippen molar-refractivity contribution in [2.24, 2.45) is 0 Å². The molecule has 1 unspecified atom stereocenters. The summed E-state index contributed by atoms with van der Waals surface area (Å²) in [6.07, 6.45) is 2.56. The lowest BCUT2D eigenvalue weighted by atomic mass is 10.1. The number of hydrogen-bond donors (Lipinski definition) is 2. The fraction of sp³-hybridized carbons (Fsp3) is 0.267. The molecule has 3 nitrogen and oxygen atoms in total. The maximum absolute atomic E-state index is 14.0. The summed E-state index contributed by atoms with van der Waals surface area (Å²) in [5.74, 6) is -1.39. The van der Waals surface area contributed by atoms with E-state index >= 15 is 0 Å². The van der Waals surface area contributed by atoms with Crippen molar-refractivity contribution in [1.82, 2.24) is 5.32 Å². The van der Waals surface area contributed by atoms with Gasteiger partial charge in [0.05, 0.1) is 0 Å². The summed E-state index contributed by atoms with van der Waals surface area (Å²) in [7, 11) is 0. The van der Waals surface area contributed by atoms with Gasteiger partial charge < -0.3 is 10.4 Å². The first-order valence-corrected chi connectivity index (χ1v) is 7.13. The van der Waals surface area contributed by atoms with Crippen LogP contribution in [0.1, 0.15) is 28.6 Å². The van der Waals surface area contributed by atoms with Gasteiger partial charge in [0.15, 0.2) is 0 Å². The molecule has 1 aromatic heterocycles. The smallest absolute Gasteiger partial charge is 0.346 e. The number of fused-ring (bicyclic) bond motifs is 1. The van der Waals surface area contributed by atoms with Gasteiger partial charge >= 0.3 is 5.97 Å². The van der Waals surface area contributed by atoms with Crippen molar-refractivity contribution in [3.63, 3.8) is 0 Å². The molecule has 0 spiro atoms. The van der Waals surface area contributed by atoms with Gasteiger partial charge in [-0.3, -0.25) is 0 Å². The van der Waals surface area contributed by atoms with Crippen molar-refractivity contribution in [2.45, 2.75) is 25.9 Å². The molecule has 0 saturated carbocycles. The van der Waals surface area contributed by atoms with Crippen LogP contribution < -0.4 is 5.32 Å². The number of benzene rings is 1. The number of halogens is 1. The van der Waals surface area contributed by atoms with E-state index < -0.39 is 5.97 Å². The summed E-state index contributed by atoms with van der Waals surface area (Å²) in [4.78, 5) is 11.5. The molecule has 1 heterocycles. The summed E-state index contributed by atoms with van der Waals surface area (Å²) < 4.78 is 14.6. The van der Waals surface area contributed by atoms with E-state index in [1.807, 2.05) is 6.92 Å². The van der Waals surface area contributed by atoms with Crippen LogP contribution in [0, 0.1) is 5.82 Å². The van der Waals surface area contributed by atoms with Gasteiger partial charge in [-0.2, -0.15) is 0 Å². The minimum atomic E-state index is -1.02. The topological polar surface area (TPSA) is 49.3 Å². The highest BCUT2D eigenvalue weighted by Crippen LogP contribution is 2.33. The Morgan fingerprint density at radius 3 is 3.00 bits per heavy atom. The van der Waals surface area contributed by atoms with E-state index in [1.54, 1.807) is 18.2 Å². The van der Waals surface area contributed by atoms with E-state index in [0.717, 1.165) is 17.8 Å². The largest absolute Gasteiger partial charge is 0.477 e. The van der Waals surface area contributed by atoms with Crippen molar-refractivity contribution in [3.05, 3.63) is 47.1 Å². The second-order valence-electron chi connectivity index (χ2n) is 4.63. The Bertz CT molecular complexity index is 651. The van der Waals surface area contributed by atoms with Crippen LogP contribution in [0.25, 0.3) is 10.1 Å². The molecule has 1 aromatic carbocycles. The van der Waals surface area contributed by atoms with E-state index in [1.165, 1.54) is 6.07 Å². The van der Waals surface area contributed by atoms with Gasteiger partial charge in [-0.1, -0.05) is 12.1 Å². The monoisotopic (exact) mass is 293 g/mol. The summed E-state index contributed by atoms with van der Waals surface area (Å²) in [6.45, 7) is 5.97. The summed E-state index contributed by atoms with van der Waals surface area (Å²) in [6, 6.07) is 4.86. The van der Waals surface area contributed by atoms with Gasteiger partial charge in [-0.05, 0) is 25.5 Å². The molecule has 106 valence electrons. The molecule has 0 amide bonds. The molecule has 1 atom stereocenters. The average molecular weight is 293 g/mol. The lowest BCUT2D eigenvalue weighted by Gasteiger charge is -2.11. The molecule has 0 radical (unpaired) electrons. The van der Waals surface area contributed by atoms with Gasteiger partial charge in [0.25, 0.3) is 0 Å². The number of thiophene rings is 1. The van der Waals surface area contributed by atoms with Gasteiger partial charge in [0.2, 0.25) is 0 Å². The molecule has 0 fully saturated rings. The zero-order valence-electron chi connectivity index (χ0n) is 11.1. The van der Waals surface area contributed by atoms with Crippen molar-refractivity contribution < 1.29 is 14.3 Å². The van der Waals surface area contributed by atoms with Crippen molar-refractivity contribution in [1.29, 1.82) is 0 Å². The quantitative estimate of drug-likeness (QED) is 0.797. The average Bonchev–Trinajstić information content (AvgIpc) is 2.77. The van der Waals surface area contributed by atoms with E-state index in [9.17, 15) is 14.3 Å². The number of aromatic carboxylic acids is 1. The predicted octanol–water partition coefficient (Wildman–Crippen LogP) is 3.79. The van der Waals surface area contributed by atoms with Crippen LogP contribution >= 0.6 is 11.3 Å². The number of carboxylic acids is 1. The Hall–Kier alpha value is -1.72. The standard InChI is InChI=1S/C15H16FNO2S/c1-3-5-9(2)17-8-10-13-11(16)6-4-7-12(13)20-14(10)15(18)19/h3-4,6-7,9,17H,1,5,8H2,2H3,(H,18,19). The third kappa shape index (κ3) is 2.89. The second-order valence-corrected chi connectivity index (χ2v) is 5.69. The first kappa shape index (κ1) is 14.7. The zero-order valence-corrected chi connectivity index (χ0v) is 12.0. The SMILES string of the molecule is C=CCC(C)NCc1c(C(=O)O)sc2cccc(F)c12. The first-order chi connectivity index (χ1) is 9.54. The van der Waals surface area contributed by atoms with E-state index in [2.05, 4.69) is 11.9 Å². The van der Waals surface area contributed by atoms with Crippen LogP contribution in [0.5, 0.6) is 0 Å².